The Morgan fingerprint density at radius 3 is 2.95 bits per heavy atom. The van der Waals surface area contributed by atoms with Crippen LogP contribution in [0.1, 0.15) is 44.2 Å². The number of nitrogens with two attached hydrogens (primary N) is 1. The third-order valence-corrected chi connectivity index (χ3v) is 5.02. The molecule has 5 nitrogen and oxygen atoms in total. The van der Waals surface area contributed by atoms with E-state index in [1.807, 2.05) is 18.2 Å². The van der Waals surface area contributed by atoms with Crippen molar-refractivity contribution in [1.82, 2.24) is 14.5 Å². The molecule has 3 unspecified atom stereocenters. The number of hydrogen-bond acceptors (Lipinski definition) is 4. The van der Waals surface area contributed by atoms with Crippen LogP contribution >= 0.6 is 0 Å². The fourth-order valence-corrected chi connectivity index (χ4v) is 4.13. The van der Waals surface area contributed by atoms with Gasteiger partial charge in [0.2, 0.25) is 0 Å². The van der Waals surface area contributed by atoms with Gasteiger partial charge in [-0.15, -0.1) is 0 Å². The van der Waals surface area contributed by atoms with Gasteiger partial charge < -0.3 is 15.4 Å². The zero-order valence-electron chi connectivity index (χ0n) is 12.4. The van der Waals surface area contributed by atoms with E-state index in [9.17, 15) is 5.11 Å². The van der Waals surface area contributed by atoms with Gasteiger partial charge in [0.25, 0.3) is 0 Å². The van der Waals surface area contributed by atoms with Crippen LogP contribution < -0.4 is 5.73 Å². The van der Waals surface area contributed by atoms with E-state index in [1.165, 1.54) is 19.4 Å². The summed E-state index contributed by atoms with van der Waals surface area (Å²) in [6, 6.07) is 6.89. The highest BCUT2D eigenvalue weighted by molar-refractivity contribution is 5.80. The van der Waals surface area contributed by atoms with E-state index in [-0.39, 0.29) is 0 Å². The maximum atomic E-state index is 10.1. The summed E-state index contributed by atoms with van der Waals surface area (Å²) in [5.41, 5.74) is 8.59. The molecule has 0 radical (unpaired) electrons. The quantitative estimate of drug-likeness (QED) is 0.830. The van der Waals surface area contributed by atoms with E-state index in [1.54, 1.807) is 6.92 Å². The molecule has 2 saturated heterocycles. The molecule has 1 aromatic heterocycles. The van der Waals surface area contributed by atoms with Crippen LogP contribution in [0.15, 0.2) is 18.2 Å². The zero-order chi connectivity index (χ0) is 14.6. The van der Waals surface area contributed by atoms with E-state index >= 15 is 0 Å². The van der Waals surface area contributed by atoms with Crippen molar-refractivity contribution in [3.05, 3.63) is 24.0 Å². The van der Waals surface area contributed by atoms with E-state index in [4.69, 9.17) is 5.73 Å². The molecule has 3 N–H and O–H groups in total. The Balaban J connectivity index is 1.88. The van der Waals surface area contributed by atoms with Crippen LogP contribution in [0.5, 0.6) is 0 Å². The van der Waals surface area contributed by atoms with Gasteiger partial charge in [0, 0.05) is 18.3 Å². The maximum Gasteiger partial charge on any atom is 0.138 e. The Labute approximate surface area is 124 Å². The van der Waals surface area contributed by atoms with Crippen molar-refractivity contribution >= 4 is 16.7 Å². The molecule has 5 heteroatoms. The van der Waals surface area contributed by atoms with Crippen molar-refractivity contribution < 1.29 is 5.11 Å². The van der Waals surface area contributed by atoms with Crippen molar-refractivity contribution in [2.75, 3.05) is 18.8 Å². The average molecular weight is 286 g/mol. The fraction of sp³-hybridized carbons (Fsp3) is 0.562. The minimum absolute atomic E-state index is 0.422. The summed E-state index contributed by atoms with van der Waals surface area (Å²) in [5.74, 6) is 0.773. The van der Waals surface area contributed by atoms with Gasteiger partial charge in [-0.05, 0) is 50.9 Å². The number of benzene rings is 1. The summed E-state index contributed by atoms with van der Waals surface area (Å²) in [5, 5.41) is 10.1. The molecule has 0 bridgehead atoms. The molecule has 2 aliphatic heterocycles. The number of aromatic nitrogens is 2. The first-order valence-electron chi connectivity index (χ1n) is 7.84. The lowest BCUT2D eigenvalue weighted by molar-refractivity contribution is 0.178. The molecule has 112 valence electrons. The van der Waals surface area contributed by atoms with Crippen LogP contribution in [0.3, 0.4) is 0 Å². The number of imidazole rings is 1. The first-order valence-corrected chi connectivity index (χ1v) is 7.84. The van der Waals surface area contributed by atoms with Crippen molar-refractivity contribution in [3.8, 4) is 0 Å². The highest BCUT2D eigenvalue weighted by atomic mass is 16.3. The number of rotatable bonds is 2. The minimum Gasteiger partial charge on any atom is -0.399 e. The lowest BCUT2D eigenvalue weighted by atomic mass is 10.1. The second-order valence-corrected chi connectivity index (χ2v) is 6.37. The summed E-state index contributed by atoms with van der Waals surface area (Å²) < 4.78 is 2.27. The summed E-state index contributed by atoms with van der Waals surface area (Å²) in [4.78, 5) is 7.23. The third kappa shape index (κ3) is 1.95. The standard InChI is InChI=1S/C16H22N4O/c1-10(21)16-18-12-9-11(17)4-5-13(12)20(16)15-6-8-19-7-2-3-14(15)19/h4-5,9-10,14-15,21H,2-3,6-8,17H2,1H3. The highest BCUT2D eigenvalue weighted by Crippen LogP contribution is 2.39. The molecule has 1 aromatic carbocycles. The number of anilines is 1. The lowest BCUT2D eigenvalue weighted by Gasteiger charge is -2.24. The minimum atomic E-state index is -0.561. The molecule has 0 aliphatic carbocycles. The van der Waals surface area contributed by atoms with Crippen molar-refractivity contribution in [2.45, 2.75) is 44.4 Å². The first-order chi connectivity index (χ1) is 10.1. The molecule has 4 rings (SSSR count). The van der Waals surface area contributed by atoms with Gasteiger partial charge in [-0.25, -0.2) is 4.98 Å². The van der Waals surface area contributed by atoms with Crippen LogP contribution in [-0.2, 0) is 0 Å². The van der Waals surface area contributed by atoms with Crippen molar-refractivity contribution in [3.63, 3.8) is 0 Å². The predicted molar refractivity (Wildman–Crippen MR) is 83.0 cm³/mol. The molecule has 0 spiro atoms. The second kappa shape index (κ2) is 4.71. The molecular formula is C16H22N4O. The van der Waals surface area contributed by atoms with E-state index in [0.29, 0.717) is 12.1 Å². The summed E-state index contributed by atoms with van der Waals surface area (Å²) >= 11 is 0. The second-order valence-electron chi connectivity index (χ2n) is 6.37. The predicted octanol–water partition coefficient (Wildman–Crippen LogP) is 2.08. The van der Waals surface area contributed by atoms with Gasteiger partial charge in [-0.2, -0.15) is 0 Å². The van der Waals surface area contributed by atoms with Gasteiger partial charge in [-0.1, -0.05) is 0 Å². The van der Waals surface area contributed by atoms with Crippen molar-refractivity contribution in [1.29, 1.82) is 0 Å². The van der Waals surface area contributed by atoms with E-state index in [2.05, 4.69) is 14.5 Å². The summed E-state index contributed by atoms with van der Waals surface area (Å²) in [7, 11) is 0. The van der Waals surface area contributed by atoms with Crippen LogP contribution in [0, 0.1) is 0 Å². The molecular weight excluding hydrogens is 264 g/mol. The van der Waals surface area contributed by atoms with Gasteiger partial charge in [0.15, 0.2) is 0 Å². The Kier molecular flexibility index (Phi) is 2.94. The number of aliphatic hydroxyl groups excluding tert-OH is 1. The monoisotopic (exact) mass is 286 g/mol. The first kappa shape index (κ1) is 13.1. The molecule has 0 amide bonds. The smallest absolute Gasteiger partial charge is 0.138 e. The largest absolute Gasteiger partial charge is 0.399 e. The number of hydrogen-bond donors (Lipinski definition) is 2. The Morgan fingerprint density at radius 1 is 1.29 bits per heavy atom. The van der Waals surface area contributed by atoms with Crippen molar-refractivity contribution in [2.24, 2.45) is 0 Å². The maximum absolute atomic E-state index is 10.1. The number of nitrogens with zero attached hydrogens (tertiary/aromatic N) is 3. The molecule has 3 atom stereocenters. The zero-order valence-corrected chi connectivity index (χ0v) is 12.4. The fourth-order valence-electron chi connectivity index (χ4n) is 4.13. The number of fused-ring (bicyclic) bond motifs is 2. The molecule has 0 saturated carbocycles. The summed E-state index contributed by atoms with van der Waals surface area (Å²) in [6.45, 7) is 4.16. The Morgan fingerprint density at radius 2 is 2.14 bits per heavy atom. The normalized spacial score (nSPS) is 27.3. The molecule has 2 aliphatic rings. The average Bonchev–Trinajstić information content (AvgIpc) is 3.10. The van der Waals surface area contributed by atoms with Gasteiger partial charge in [0.1, 0.15) is 11.9 Å². The molecule has 2 fully saturated rings. The Bertz CT molecular complexity index is 678. The number of nitrogen functional groups attached to an aromatic ring is 1. The van der Waals surface area contributed by atoms with Gasteiger partial charge >= 0.3 is 0 Å². The van der Waals surface area contributed by atoms with Crippen LogP contribution in [0.4, 0.5) is 5.69 Å². The van der Waals surface area contributed by atoms with Crippen LogP contribution in [0.2, 0.25) is 0 Å². The van der Waals surface area contributed by atoms with Gasteiger partial charge in [0.05, 0.1) is 17.1 Å². The molecule has 2 aromatic rings. The molecule has 3 heterocycles. The van der Waals surface area contributed by atoms with E-state index < -0.39 is 6.10 Å². The highest BCUT2D eigenvalue weighted by Gasteiger charge is 2.39. The lowest BCUT2D eigenvalue weighted by Crippen LogP contribution is -2.28. The SMILES string of the molecule is CC(O)c1nc2cc(N)ccc2n1C1CCN2CCCC12. The van der Waals surface area contributed by atoms with Crippen LogP contribution in [0.25, 0.3) is 11.0 Å². The van der Waals surface area contributed by atoms with Crippen LogP contribution in [-0.4, -0.2) is 38.7 Å². The number of aliphatic hydroxyl groups is 1. The van der Waals surface area contributed by atoms with Gasteiger partial charge in [-0.3, -0.25) is 4.90 Å². The molecule has 21 heavy (non-hydrogen) atoms. The summed E-state index contributed by atoms with van der Waals surface area (Å²) in [6.07, 6.45) is 3.11. The topological polar surface area (TPSA) is 67.3 Å². The van der Waals surface area contributed by atoms with E-state index in [0.717, 1.165) is 35.5 Å². The third-order valence-electron chi connectivity index (χ3n) is 5.02. The Hall–Kier alpha value is -1.59.